The summed E-state index contributed by atoms with van der Waals surface area (Å²) in [6.45, 7) is 3.75. The second-order valence-electron chi connectivity index (χ2n) is 4.29. The smallest absolute Gasteiger partial charge is 0.237 e. The number of carbonyl (C=O) groups is 1. The SMILES string of the molecule is CCCC(N)C(=O)NC(C)c1ccc(F)cc1Cl. The van der Waals surface area contributed by atoms with Crippen molar-refractivity contribution in [3.63, 3.8) is 0 Å². The fourth-order valence-corrected chi connectivity index (χ4v) is 2.02. The van der Waals surface area contributed by atoms with Gasteiger partial charge >= 0.3 is 0 Å². The summed E-state index contributed by atoms with van der Waals surface area (Å²) in [5.41, 5.74) is 6.39. The molecule has 3 nitrogen and oxygen atoms in total. The van der Waals surface area contributed by atoms with Gasteiger partial charge in [0.05, 0.1) is 12.1 Å². The van der Waals surface area contributed by atoms with Crippen LogP contribution in [0.25, 0.3) is 0 Å². The van der Waals surface area contributed by atoms with E-state index in [-0.39, 0.29) is 11.9 Å². The third-order valence-corrected chi connectivity index (χ3v) is 3.05. The Balaban J connectivity index is 2.70. The molecule has 0 aromatic heterocycles. The highest BCUT2D eigenvalue weighted by Gasteiger charge is 2.17. The lowest BCUT2D eigenvalue weighted by Gasteiger charge is -2.18. The van der Waals surface area contributed by atoms with Crippen LogP contribution in [0.4, 0.5) is 4.39 Å². The molecule has 0 aliphatic heterocycles. The second-order valence-corrected chi connectivity index (χ2v) is 4.70. The highest BCUT2D eigenvalue weighted by molar-refractivity contribution is 6.31. The molecule has 3 N–H and O–H groups in total. The van der Waals surface area contributed by atoms with E-state index in [1.165, 1.54) is 12.1 Å². The maximum Gasteiger partial charge on any atom is 0.237 e. The minimum atomic E-state index is -0.517. The van der Waals surface area contributed by atoms with Gasteiger partial charge in [-0.25, -0.2) is 4.39 Å². The number of carbonyl (C=O) groups excluding carboxylic acids is 1. The van der Waals surface area contributed by atoms with E-state index in [1.807, 2.05) is 6.92 Å². The van der Waals surface area contributed by atoms with Crippen molar-refractivity contribution in [3.8, 4) is 0 Å². The van der Waals surface area contributed by atoms with Crippen molar-refractivity contribution in [2.75, 3.05) is 0 Å². The van der Waals surface area contributed by atoms with Gasteiger partial charge in [-0.3, -0.25) is 4.79 Å². The molecule has 1 aromatic rings. The first-order chi connectivity index (χ1) is 8.45. The fraction of sp³-hybridized carbons (Fsp3) is 0.462. The van der Waals surface area contributed by atoms with E-state index in [2.05, 4.69) is 5.32 Å². The van der Waals surface area contributed by atoms with Crippen molar-refractivity contribution in [1.29, 1.82) is 0 Å². The van der Waals surface area contributed by atoms with Crippen LogP contribution in [0, 0.1) is 5.82 Å². The van der Waals surface area contributed by atoms with Gasteiger partial charge in [-0.15, -0.1) is 0 Å². The molecule has 0 heterocycles. The van der Waals surface area contributed by atoms with Gasteiger partial charge in [0.15, 0.2) is 0 Å². The lowest BCUT2D eigenvalue weighted by molar-refractivity contribution is -0.123. The Morgan fingerprint density at radius 1 is 1.56 bits per heavy atom. The molecule has 0 spiro atoms. The Kier molecular flexibility index (Phi) is 5.56. The number of rotatable bonds is 5. The number of nitrogens with one attached hydrogen (secondary N) is 1. The standard InChI is InChI=1S/C13H18ClFN2O/c1-3-4-12(16)13(18)17-8(2)10-6-5-9(15)7-11(10)14/h5-8,12H,3-4,16H2,1-2H3,(H,17,18). The Labute approximate surface area is 112 Å². The monoisotopic (exact) mass is 272 g/mol. The van der Waals surface area contributed by atoms with Crippen molar-refractivity contribution in [3.05, 3.63) is 34.6 Å². The summed E-state index contributed by atoms with van der Waals surface area (Å²) in [4.78, 5) is 11.7. The van der Waals surface area contributed by atoms with Crippen LogP contribution < -0.4 is 11.1 Å². The predicted octanol–water partition coefficient (Wildman–Crippen LogP) is 2.78. The molecule has 0 aliphatic carbocycles. The maximum atomic E-state index is 12.9. The Morgan fingerprint density at radius 3 is 2.78 bits per heavy atom. The Hall–Kier alpha value is -1.13. The van der Waals surface area contributed by atoms with Gasteiger partial charge in [-0.05, 0) is 31.0 Å². The van der Waals surface area contributed by atoms with E-state index in [0.717, 1.165) is 6.42 Å². The Morgan fingerprint density at radius 2 is 2.22 bits per heavy atom. The highest BCUT2D eigenvalue weighted by atomic mass is 35.5. The second kappa shape index (κ2) is 6.71. The van der Waals surface area contributed by atoms with E-state index in [4.69, 9.17) is 17.3 Å². The largest absolute Gasteiger partial charge is 0.348 e. The molecular weight excluding hydrogens is 255 g/mol. The van der Waals surface area contributed by atoms with Gasteiger partial charge in [0.25, 0.3) is 0 Å². The normalized spacial score (nSPS) is 14.1. The quantitative estimate of drug-likeness (QED) is 0.866. The summed E-state index contributed by atoms with van der Waals surface area (Å²) in [6, 6.07) is 3.29. The summed E-state index contributed by atoms with van der Waals surface area (Å²) in [5, 5.41) is 3.07. The van der Waals surface area contributed by atoms with Crippen LogP contribution in [0.2, 0.25) is 5.02 Å². The van der Waals surface area contributed by atoms with E-state index < -0.39 is 11.9 Å². The molecule has 0 fully saturated rings. The predicted molar refractivity (Wildman–Crippen MR) is 70.9 cm³/mol. The van der Waals surface area contributed by atoms with Crippen molar-refractivity contribution in [1.82, 2.24) is 5.32 Å². The zero-order valence-electron chi connectivity index (χ0n) is 10.5. The van der Waals surface area contributed by atoms with Crippen molar-refractivity contribution in [2.45, 2.75) is 38.8 Å². The minimum Gasteiger partial charge on any atom is -0.348 e. The number of halogens is 2. The number of hydrogen-bond donors (Lipinski definition) is 2. The summed E-state index contributed by atoms with van der Waals surface area (Å²) >= 11 is 5.93. The highest BCUT2D eigenvalue weighted by Crippen LogP contribution is 2.23. The first kappa shape index (κ1) is 14.9. The molecule has 1 rings (SSSR count). The molecule has 1 amide bonds. The van der Waals surface area contributed by atoms with Gasteiger partial charge < -0.3 is 11.1 Å². The van der Waals surface area contributed by atoms with Gasteiger partial charge in [-0.1, -0.05) is 31.0 Å². The Bertz CT molecular complexity index is 425. The van der Waals surface area contributed by atoms with Crippen LogP contribution in [0.15, 0.2) is 18.2 Å². The van der Waals surface area contributed by atoms with Crippen molar-refractivity contribution >= 4 is 17.5 Å². The number of nitrogens with two attached hydrogens (primary N) is 1. The van der Waals surface area contributed by atoms with Gasteiger partial charge in [0.1, 0.15) is 5.82 Å². The van der Waals surface area contributed by atoms with E-state index in [1.54, 1.807) is 13.0 Å². The molecule has 2 atom stereocenters. The summed E-state index contributed by atoms with van der Waals surface area (Å²) in [5.74, 6) is -0.616. The molecule has 0 aliphatic rings. The molecular formula is C13H18ClFN2O. The number of benzene rings is 1. The fourth-order valence-electron chi connectivity index (χ4n) is 1.69. The van der Waals surface area contributed by atoms with Gasteiger partial charge in [0, 0.05) is 5.02 Å². The molecule has 1 aromatic carbocycles. The van der Waals surface area contributed by atoms with E-state index in [9.17, 15) is 9.18 Å². The summed E-state index contributed by atoms with van der Waals surface area (Å²) in [6.07, 6.45) is 1.48. The minimum absolute atomic E-state index is 0.218. The molecule has 0 saturated carbocycles. The molecule has 0 radical (unpaired) electrons. The number of hydrogen-bond acceptors (Lipinski definition) is 2. The van der Waals surface area contributed by atoms with Crippen LogP contribution in [0.5, 0.6) is 0 Å². The van der Waals surface area contributed by atoms with Gasteiger partial charge in [0.2, 0.25) is 5.91 Å². The first-order valence-corrected chi connectivity index (χ1v) is 6.34. The van der Waals surface area contributed by atoms with Crippen molar-refractivity contribution < 1.29 is 9.18 Å². The van der Waals surface area contributed by atoms with Crippen LogP contribution in [0.1, 0.15) is 38.3 Å². The zero-order valence-corrected chi connectivity index (χ0v) is 11.3. The third-order valence-electron chi connectivity index (χ3n) is 2.72. The molecule has 18 heavy (non-hydrogen) atoms. The zero-order chi connectivity index (χ0) is 13.7. The topological polar surface area (TPSA) is 55.1 Å². The van der Waals surface area contributed by atoms with Crippen LogP contribution in [0.3, 0.4) is 0 Å². The van der Waals surface area contributed by atoms with Crippen LogP contribution in [-0.2, 0) is 4.79 Å². The van der Waals surface area contributed by atoms with Crippen LogP contribution >= 0.6 is 11.6 Å². The van der Waals surface area contributed by atoms with Crippen molar-refractivity contribution in [2.24, 2.45) is 5.73 Å². The first-order valence-electron chi connectivity index (χ1n) is 5.96. The molecule has 5 heteroatoms. The third kappa shape index (κ3) is 3.96. The maximum absolute atomic E-state index is 12.9. The number of amides is 1. The molecule has 100 valence electrons. The lowest BCUT2D eigenvalue weighted by atomic mass is 10.1. The van der Waals surface area contributed by atoms with Gasteiger partial charge in [-0.2, -0.15) is 0 Å². The lowest BCUT2D eigenvalue weighted by Crippen LogP contribution is -2.41. The molecule has 0 bridgehead atoms. The molecule has 0 saturated heterocycles. The summed E-state index contributed by atoms with van der Waals surface area (Å²) in [7, 11) is 0. The summed E-state index contributed by atoms with van der Waals surface area (Å²) < 4.78 is 12.9. The van der Waals surface area contributed by atoms with Crippen LogP contribution in [-0.4, -0.2) is 11.9 Å². The molecule has 2 unspecified atom stereocenters. The van der Waals surface area contributed by atoms with E-state index in [0.29, 0.717) is 17.0 Å². The van der Waals surface area contributed by atoms with E-state index >= 15 is 0 Å². The average Bonchev–Trinajstić information content (AvgIpc) is 2.28. The average molecular weight is 273 g/mol.